The largest absolute Gasteiger partial charge is 0.311 e. The van der Waals surface area contributed by atoms with Gasteiger partial charge in [-0.1, -0.05) is 28.1 Å². The summed E-state index contributed by atoms with van der Waals surface area (Å²) < 4.78 is 4.20. The minimum absolute atomic E-state index is 0.248. The van der Waals surface area contributed by atoms with E-state index in [9.17, 15) is 0 Å². The van der Waals surface area contributed by atoms with Crippen molar-refractivity contribution in [2.24, 2.45) is 0 Å². The summed E-state index contributed by atoms with van der Waals surface area (Å²) in [4.78, 5) is 0. The van der Waals surface area contributed by atoms with E-state index in [2.05, 4.69) is 73.5 Å². The average molecular weight is 387 g/mol. The number of nitrogens with one attached hydrogen (secondary N) is 1. The van der Waals surface area contributed by atoms with Crippen LogP contribution >= 0.6 is 31.9 Å². The van der Waals surface area contributed by atoms with Crippen LogP contribution in [0, 0.1) is 0 Å². The maximum Gasteiger partial charge on any atom is 0.0698 e. The Morgan fingerprint density at radius 2 is 1.95 bits per heavy atom. The molecule has 1 unspecified atom stereocenters. The molecule has 0 aliphatic rings. The lowest BCUT2D eigenvalue weighted by molar-refractivity contribution is 0.511. The zero-order valence-corrected chi connectivity index (χ0v) is 14.2. The minimum atomic E-state index is 0.248. The van der Waals surface area contributed by atoms with Gasteiger partial charge in [0.2, 0.25) is 0 Å². The van der Waals surface area contributed by atoms with E-state index in [1.807, 2.05) is 17.9 Å². The van der Waals surface area contributed by atoms with Crippen molar-refractivity contribution >= 4 is 31.9 Å². The minimum Gasteiger partial charge on any atom is -0.311 e. The third-order valence-corrected chi connectivity index (χ3v) is 4.30. The molecule has 0 amide bonds. The summed E-state index contributed by atoms with van der Waals surface area (Å²) >= 11 is 7.06. The zero-order chi connectivity index (χ0) is 13.8. The number of nitrogens with zero attached hydrogens (tertiary/aromatic N) is 2. The van der Waals surface area contributed by atoms with Crippen LogP contribution in [0.1, 0.15) is 24.2 Å². The summed E-state index contributed by atoms with van der Waals surface area (Å²) in [6.07, 6.45) is 2.80. The first-order valence-electron chi connectivity index (χ1n) is 6.28. The number of hydrogen-bond donors (Lipinski definition) is 1. The first-order valence-corrected chi connectivity index (χ1v) is 7.87. The smallest absolute Gasteiger partial charge is 0.0698 e. The summed E-state index contributed by atoms with van der Waals surface area (Å²) in [6.45, 7) is 2.98. The second kappa shape index (κ2) is 6.68. The molecule has 19 heavy (non-hydrogen) atoms. The molecule has 1 aromatic heterocycles. The number of aryl methyl sites for hydroxylation is 1. The molecule has 2 aromatic rings. The van der Waals surface area contributed by atoms with Crippen LogP contribution < -0.4 is 5.32 Å². The molecule has 1 aromatic carbocycles. The number of halogens is 2. The molecule has 0 spiro atoms. The van der Waals surface area contributed by atoms with Crippen LogP contribution in [0.2, 0.25) is 0 Å². The maximum absolute atomic E-state index is 4.38. The van der Waals surface area contributed by atoms with Crippen LogP contribution in [0.25, 0.3) is 0 Å². The van der Waals surface area contributed by atoms with Gasteiger partial charge < -0.3 is 5.32 Å². The lowest BCUT2D eigenvalue weighted by atomic mass is 10.0. The van der Waals surface area contributed by atoms with Crippen LogP contribution in [-0.4, -0.2) is 16.8 Å². The molecule has 0 bridgehead atoms. The quantitative estimate of drug-likeness (QED) is 0.843. The molecule has 0 fully saturated rings. The van der Waals surface area contributed by atoms with E-state index in [4.69, 9.17) is 0 Å². The Labute approximate surface area is 130 Å². The van der Waals surface area contributed by atoms with Crippen LogP contribution in [-0.2, 0) is 13.0 Å². The van der Waals surface area contributed by atoms with Gasteiger partial charge in [-0.15, -0.1) is 0 Å². The van der Waals surface area contributed by atoms with E-state index in [1.54, 1.807) is 0 Å². The Morgan fingerprint density at radius 1 is 1.26 bits per heavy atom. The molecular formula is C14H17Br2N3. The molecule has 1 N–H and O–H groups in total. The molecule has 0 saturated heterocycles. The van der Waals surface area contributed by atoms with Gasteiger partial charge in [-0.25, -0.2) is 0 Å². The van der Waals surface area contributed by atoms with E-state index in [1.165, 1.54) is 11.3 Å². The molecule has 3 nitrogen and oxygen atoms in total. The normalized spacial score (nSPS) is 12.6. The Morgan fingerprint density at radius 3 is 2.53 bits per heavy atom. The van der Waals surface area contributed by atoms with Crippen molar-refractivity contribution in [3.63, 3.8) is 0 Å². The SMILES string of the molecule is CCn1ncc(Br)c1C(Cc1ccc(Br)cc1)NC. The molecule has 5 heteroatoms. The van der Waals surface area contributed by atoms with Gasteiger partial charge in [-0.3, -0.25) is 4.68 Å². The van der Waals surface area contributed by atoms with Crippen molar-refractivity contribution in [2.75, 3.05) is 7.05 Å². The van der Waals surface area contributed by atoms with Gasteiger partial charge in [0, 0.05) is 11.0 Å². The number of likely N-dealkylation sites (N-methyl/N-ethyl adjacent to an activating group) is 1. The van der Waals surface area contributed by atoms with Crippen molar-refractivity contribution in [3.05, 3.63) is 50.7 Å². The fraction of sp³-hybridized carbons (Fsp3) is 0.357. The molecule has 2 rings (SSSR count). The molecule has 1 heterocycles. The van der Waals surface area contributed by atoms with Crippen LogP contribution in [0.15, 0.2) is 39.4 Å². The highest BCUT2D eigenvalue weighted by Gasteiger charge is 2.18. The van der Waals surface area contributed by atoms with Crippen molar-refractivity contribution < 1.29 is 0 Å². The van der Waals surface area contributed by atoms with Crippen molar-refractivity contribution in [1.82, 2.24) is 15.1 Å². The number of aromatic nitrogens is 2. The molecule has 1 atom stereocenters. The molecule has 102 valence electrons. The van der Waals surface area contributed by atoms with Gasteiger partial charge in [0.1, 0.15) is 0 Å². The number of benzene rings is 1. The van der Waals surface area contributed by atoms with E-state index in [0.29, 0.717) is 0 Å². The molecule has 0 saturated carbocycles. The summed E-state index contributed by atoms with van der Waals surface area (Å²) in [6, 6.07) is 8.70. The summed E-state index contributed by atoms with van der Waals surface area (Å²) in [5.74, 6) is 0. The maximum atomic E-state index is 4.38. The van der Waals surface area contributed by atoms with Gasteiger partial charge in [0.15, 0.2) is 0 Å². The predicted molar refractivity (Wildman–Crippen MR) is 85.2 cm³/mol. The van der Waals surface area contributed by atoms with Gasteiger partial charge >= 0.3 is 0 Å². The van der Waals surface area contributed by atoms with Gasteiger partial charge in [0.05, 0.1) is 22.4 Å². The highest BCUT2D eigenvalue weighted by molar-refractivity contribution is 9.10. The van der Waals surface area contributed by atoms with Crippen molar-refractivity contribution in [2.45, 2.75) is 25.9 Å². The third-order valence-electron chi connectivity index (χ3n) is 3.16. The number of hydrogen-bond acceptors (Lipinski definition) is 2. The van der Waals surface area contributed by atoms with E-state index < -0.39 is 0 Å². The fourth-order valence-electron chi connectivity index (χ4n) is 2.16. The van der Waals surface area contributed by atoms with Gasteiger partial charge in [-0.05, 0) is 54.0 Å². The Kier molecular flexibility index (Phi) is 5.19. The first-order chi connectivity index (χ1) is 9.15. The van der Waals surface area contributed by atoms with Crippen molar-refractivity contribution in [3.8, 4) is 0 Å². The third kappa shape index (κ3) is 3.46. The highest BCUT2D eigenvalue weighted by atomic mass is 79.9. The number of rotatable bonds is 5. The summed E-state index contributed by atoms with van der Waals surface area (Å²) in [7, 11) is 1.99. The lowest BCUT2D eigenvalue weighted by Gasteiger charge is -2.18. The fourth-order valence-corrected chi connectivity index (χ4v) is 3.00. The Hall–Kier alpha value is -0.650. The Bertz CT molecular complexity index is 534. The first kappa shape index (κ1) is 14.8. The van der Waals surface area contributed by atoms with Gasteiger partial charge in [0.25, 0.3) is 0 Å². The lowest BCUT2D eigenvalue weighted by Crippen LogP contribution is -2.22. The van der Waals surface area contributed by atoms with Crippen molar-refractivity contribution in [1.29, 1.82) is 0 Å². The standard InChI is InChI=1S/C14H17Br2N3/c1-3-19-14(12(16)9-18-19)13(17-2)8-10-4-6-11(15)7-5-10/h4-7,9,13,17H,3,8H2,1-2H3. The average Bonchev–Trinajstić information content (AvgIpc) is 2.79. The monoisotopic (exact) mass is 385 g/mol. The van der Waals surface area contributed by atoms with Crippen LogP contribution in [0.4, 0.5) is 0 Å². The Balaban J connectivity index is 2.24. The summed E-state index contributed by atoms with van der Waals surface area (Å²) in [5.41, 5.74) is 2.51. The zero-order valence-electron chi connectivity index (χ0n) is 11.0. The van der Waals surface area contributed by atoms with Crippen LogP contribution in [0.3, 0.4) is 0 Å². The van der Waals surface area contributed by atoms with E-state index >= 15 is 0 Å². The van der Waals surface area contributed by atoms with E-state index in [0.717, 1.165) is 21.9 Å². The van der Waals surface area contributed by atoms with Gasteiger partial charge in [-0.2, -0.15) is 5.10 Å². The topological polar surface area (TPSA) is 29.9 Å². The van der Waals surface area contributed by atoms with Crippen LogP contribution in [0.5, 0.6) is 0 Å². The summed E-state index contributed by atoms with van der Waals surface area (Å²) in [5, 5.41) is 7.76. The van der Waals surface area contributed by atoms with E-state index in [-0.39, 0.29) is 6.04 Å². The highest BCUT2D eigenvalue weighted by Crippen LogP contribution is 2.26. The molecular weight excluding hydrogens is 370 g/mol. The molecule has 0 aliphatic carbocycles. The predicted octanol–water partition coefficient (Wildman–Crippen LogP) is 3.93. The second-order valence-corrected chi connectivity index (χ2v) is 6.14. The molecule has 0 radical (unpaired) electrons. The second-order valence-electron chi connectivity index (χ2n) is 4.37. The molecule has 0 aliphatic heterocycles.